The van der Waals surface area contributed by atoms with Gasteiger partial charge < -0.3 is 5.32 Å². The number of halogens is 4. The summed E-state index contributed by atoms with van der Waals surface area (Å²) in [6, 6.07) is 2.20. The first-order chi connectivity index (χ1) is 9.33. The van der Waals surface area contributed by atoms with Gasteiger partial charge in [0, 0.05) is 19.1 Å². The maximum absolute atomic E-state index is 12.3. The fourth-order valence-corrected chi connectivity index (χ4v) is 2.58. The van der Waals surface area contributed by atoms with Crippen molar-refractivity contribution < 1.29 is 13.2 Å². The van der Waals surface area contributed by atoms with Gasteiger partial charge in [0.2, 0.25) is 0 Å². The van der Waals surface area contributed by atoms with Gasteiger partial charge in [0.1, 0.15) is 4.60 Å². The molecule has 1 saturated heterocycles. The van der Waals surface area contributed by atoms with Crippen molar-refractivity contribution in [3.63, 3.8) is 0 Å². The smallest absolute Gasteiger partial charge is 0.381 e. The number of piperidine rings is 1. The van der Waals surface area contributed by atoms with E-state index in [9.17, 15) is 13.2 Å². The third kappa shape index (κ3) is 4.63. The van der Waals surface area contributed by atoms with Crippen LogP contribution in [0.4, 0.5) is 18.9 Å². The molecular weight excluding hydrogens is 335 g/mol. The van der Waals surface area contributed by atoms with Crippen molar-refractivity contribution in [2.75, 3.05) is 25.0 Å². The van der Waals surface area contributed by atoms with E-state index in [2.05, 4.69) is 26.2 Å². The molecule has 20 heavy (non-hydrogen) atoms. The van der Waals surface area contributed by atoms with Gasteiger partial charge >= 0.3 is 6.18 Å². The lowest BCUT2D eigenvalue weighted by Gasteiger charge is -2.33. The van der Waals surface area contributed by atoms with E-state index in [1.807, 2.05) is 13.0 Å². The van der Waals surface area contributed by atoms with Crippen molar-refractivity contribution in [3.8, 4) is 0 Å². The predicted octanol–water partition coefficient (Wildman–Crippen LogP) is 3.59. The summed E-state index contributed by atoms with van der Waals surface area (Å²) in [6.45, 7) is 2.09. The molecule has 1 aliphatic rings. The number of nitrogens with one attached hydrogen (secondary N) is 1. The van der Waals surface area contributed by atoms with E-state index in [0.717, 1.165) is 15.9 Å². The number of pyridine rings is 1. The van der Waals surface area contributed by atoms with Crippen LogP contribution in [0.3, 0.4) is 0 Å². The molecule has 1 N–H and O–H groups in total. The van der Waals surface area contributed by atoms with Gasteiger partial charge in [-0.25, -0.2) is 4.98 Å². The van der Waals surface area contributed by atoms with Gasteiger partial charge in [-0.3, -0.25) is 4.90 Å². The molecule has 1 aromatic rings. The van der Waals surface area contributed by atoms with E-state index in [-0.39, 0.29) is 6.04 Å². The van der Waals surface area contributed by atoms with Crippen LogP contribution in [0.15, 0.2) is 16.9 Å². The molecule has 0 amide bonds. The highest BCUT2D eigenvalue weighted by Gasteiger charge is 2.32. The van der Waals surface area contributed by atoms with Crippen molar-refractivity contribution in [1.82, 2.24) is 9.88 Å². The largest absolute Gasteiger partial charge is 0.401 e. The summed E-state index contributed by atoms with van der Waals surface area (Å²) in [5.41, 5.74) is 1.95. The first-order valence-corrected chi connectivity index (χ1v) is 7.30. The second-order valence-electron chi connectivity index (χ2n) is 5.14. The highest BCUT2D eigenvalue weighted by molar-refractivity contribution is 9.10. The van der Waals surface area contributed by atoms with Gasteiger partial charge in [0.25, 0.3) is 0 Å². The third-order valence-corrected chi connectivity index (χ3v) is 4.21. The van der Waals surface area contributed by atoms with Gasteiger partial charge in [-0.2, -0.15) is 13.2 Å². The van der Waals surface area contributed by atoms with Crippen molar-refractivity contribution in [1.29, 1.82) is 0 Å². The summed E-state index contributed by atoms with van der Waals surface area (Å²) in [5, 5.41) is 3.34. The molecule has 1 aliphatic heterocycles. The summed E-state index contributed by atoms with van der Waals surface area (Å²) in [7, 11) is 0. The van der Waals surface area contributed by atoms with Crippen molar-refractivity contribution in [2.24, 2.45) is 0 Å². The fourth-order valence-electron chi connectivity index (χ4n) is 2.36. The van der Waals surface area contributed by atoms with Crippen LogP contribution in [0.5, 0.6) is 0 Å². The number of anilines is 1. The number of alkyl halides is 3. The van der Waals surface area contributed by atoms with Crippen LogP contribution in [0.2, 0.25) is 0 Å². The van der Waals surface area contributed by atoms with E-state index in [4.69, 9.17) is 0 Å². The number of rotatable bonds is 3. The Kier molecular flexibility index (Phi) is 4.90. The predicted molar refractivity (Wildman–Crippen MR) is 75.8 cm³/mol. The lowest BCUT2D eigenvalue weighted by atomic mass is 10.0. The number of aryl methyl sites for hydroxylation is 1. The highest BCUT2D eigenvalue weighted by atomic mass is 79.9. The van der Waals surface area contributed by atoms with Crippen LogP contribution >= 0.6 is 15.9 Å². The van der Waals surface area contributed by atoms with Gasteiger partial charge in [0.15, 0.2) is 0 Å². The molecule has 0 bridgehead atoms. The average Bonchev–Trinajstić information content (AvgIpc) is 2.35. The summed E-state index contributed by atoms with van der Waals surface area (Å²) in [6.07, 6.45) is -0.942. The van der Waals surface area contributed by atoms with Crippen LogP contribution in [0.25, 0.3) is 0 Å². The molecule has 1 fully saturated rings. The molecule has 0 saturated carbocycles. The minimum Gasteiger partial charge on any atom is -0.381 e. The second-order valence-corrected chi connectivity index (χ2v) is 5.89. The summed E-state index contributed by atoms with van der Waals surface area (Å²) in [4.78, 5) is 5.66. The SMILES string of the molecule is Cc1cc(NC2CCN(CC(F)(F)F)CC2)cnc1Br. The quantitative estimate of drug-likeness (QED) is 0.843. The van der Waals surface area contributed by atoms with Crippen LogP contribution in [-0.2, 0) is 0 Å². The second kappa shape index (κ2) is 6.30. The first kappa shape index (κ1) is 15.6. The zero-order valence-corrected chi connectivity index (χ0v) is 12.8. The van der Waals surface area contributed by atoms with Crippen LogP contribution < -0.4 is 5.32 Å². The van der Waals surface area contributed by atoms with Gasteiger partial charge in [-0.1, -0.05) is 0 Å². The molecule has 7 heteroatoms. The van der Waals surface area contributed by atoms with E-state index >= 15 is 0 Å². The molecule has 0 aromatic carbocycles. The van der Waals surface area contributed by atoms with Crippen molar-refractivity contribution in [2.45, 2.75) is 32.0 Å². The fraction of sp³-hybridized carbons (Fsp3) is 0.615. The molecular formula is C13H17BrF3N3. The maximum atomic E-state index is 12.3. The Labute approximate surface area is 124 Å². The van der Waals surface area contributed by atoms with Crippen LogP contribution in [-0.4, -0.2) is 41.7 Å². The molecule has 0 atom stereocenters. The van der Waals surface area contributed by atoms with E-state index in [1.54, 1.807) is 6.20 Å². The summed E-state index contributed by atoms with van der Waals surface area (Å²) < 4.78 is 37.7. The maximum Gasteiger partial charge on any atom is 0.401 e. The molecule has 2 rings (SSSR count). The van der Waals surface area contributed by atoms with Crippen molar-refractivity contribution >= 4 is 21.6 Å². The Hall–Kier alpha value is -0.820. The molecule has 112 valence electrons. The highest BCUT2D eigenvalue weighted by Crippen LogP contribution is 2.22. The Bertz CT molecular complexity index is 457. The number of nitrogens with zero attached hydrogens (tertiary/aromatic N) is 2. The zero-order chi connectivity index (χ0) is 14.8. The summed E-state index contributed by atoms with van der Waals surface area (Å²) >= 11 is 3.34. The van der Waals surface area contributed by atoms with E-state index in [1.165, 1.54) is 4.90 Å². The zero-order valence-electron chi connectivity index (χ0n) is 11.2. The Morgan fingerprint density at radius 2 is 2.05 bits per heavy atom. The minimum absolute atomic E-state index is 0.210. The monoisotopic (exact) mass is 351 g/mol. The Morgan fingerprint density at radius 1 is 1.40 bits per heavy atom. The first-order valence-electron chi connectivity index (χ1n) is 6.51. The summed E-state index contributed by atoms with van der Waals surface area (Å²) in [5.74, 6) is 0. The number of likely N-dealkylation sites (tertiary alicyclic amines) is 1. The number of hydrogen-bond donors (Lipinski definition) is 1. The van der Waals surface area contributed by atoms with Gasteiger partial charge in [0.05, 0.1) is 18.4 Å². The molecule has 3 nitrogen and oxygen atoms in total. The topological polar surface area (TPSA) is 28.2 Å². The Morgan fingerprint density at radius 3 is 2.60 bits per heavy atom. The average molecular weight is 352 g/mol. The molecule has 0 spiro atoms. The molecule has 0 radical (unpaired) electrons. The molecule has 2 heterocycles. The lowest BCUT2D eigenvalue weighted by molar-refractivity contribution is -0.147. The number of hydrogen-bond acceptors (Lipinski definition) is 3. The lowest BCUT2D eigenvalue weighted by Crippen LogP contribution is -2.43. The number of aromatic nitrogens is 1. The van der Waals surface area contributed by atoms with Crippen molar-refractivity contribution in [3.05, 3.63) is 22.4 Å². The van der Waals surface area contributed by atoms with Crippen LogP contribution in [0, 0.1) is 6.92 Å². The Balaban J connectivity index is 1.83. The van der Waals surface area contributed by atoms with Crippen LogP contribution in [0.1, 0.15) is 18.4 Å². The standard InChI is InChI=1S/C13H17BrF3N3/c1-9-6-11(7-18-12(9)14)19-10-2-4-20(5-3-10)8-13(15,16)17/h6-7,10,19H,2-5,8H2,1H3. The van der Waals surface area contributed by atoms with Gasteiger partial charge in [-0.05, 0) is 47.3 Å². The molecule has 0 unspecified atom stereocenters. The molecule has 0 aliphatic carbocycles. The minimum atomic E-state index is -4.10. The molecule has 1 aromatic heterocycles. The third-order valence-electron chi connectivity index (χ3n) is 3.38. The van der Waals surface area contributed by atoms with E-state index in [0.29, 0.717) is 25.9 Å². The normalized spacial score (nSPS) is 18.2. The van der Waals surface area contributed by atoms with E-state index < -0.39 is 12.7 Å². The van der Waals surface area contributed by atoms with Gasteiger partial charge in [-0.15, -0.1) is 0 Å².